The lowest BCUT2D eigenvalue weighted by Crippen LogP contribution is -2.48. The number of carbonyl (C=O) groups excluding carboxylic acids is 1. The summed E-state index contributed by atoms with van der Waals surface area (Å²) >= 11 is 0. The topological polar surface area (TPSA) is 45.7 Å². The summed E-state index contributed by atoms with van der Waals surface area (Å²) in [6.45, 7) is 6.37. The third-order valence-corrected chi connectivity index (χ3v) is 5.29. The van der Waals surface area contributed by atoms with Gasteiger partial charge in [-0.2, -0.15) is 0 Å². The molecule has 1 aromatic heterocycles. The van der Waals surface area contributed by atoms with Crippen molar-refractivity contribution in [1.82, 2.24) is 14.8 Å². The molecule has 5 nitrogen and oxygen atoms in total. The number of piperazine rings is 1. The third-order valence-electron chi connectivity index (χ3n) is 5.29. The Labute approximate surface area is 171 Å². The van der Waals surface area contributed by atoms with Crippen molar-refractivity contribution in [3.8, 4) is 11.5 Å². The van der Waals surface area contributed by atoms with Crippen LogP contribution in [0.1, 0.15) is 21.5 Å². The van der Waals surface area contributed by atoms with Crippen LogP contribution >= 0.6 is 0 Å². The van der Waals surface area contributed by atoms with Crippen LogP contribution in [0.5, 0.6) is 11.5 Å². The lowest BCUT2D eigenvalue weighted by atomic mass is 10.1. The molecule has 148 valence electrons. The molecule has 0 unspecified atom stereocenters. The average Bonchev–Trinajstić information content (AvgIpc) is 2.77. The number of aryl methyl sites for hydroxylation is 1. The van der Waals surface area contributed by atoms with Gasteiger partial charge in [0.2, 0.25) is 0 Å². The second-order valence-electron chi connectivity index (χ2n) is 7.31. The van der Waals surface area contributed by atoms with E-state index < -0.39 is 0 Å². The van der Waals surface area contributed by atoms with Gasteiger partial charge in [0.15, 0.2) is 0 Å². The predicted molar refractivity (Wildman–Crippen MR) is 113 cm³/mol. The highest BCUT2D eigenvalue weighted by Crippen LogP contribution is 2.21. The second-order valence-corrected chi connectivity index (χ2v) is 7.31. The molecule has 1 aliphatic heterocycles. The maximum atomic E-state index is 12.8. The van der Waals surface area contributed by atoms with Gasteiger partial charge in [0.05, 0.1) is 6.20 Å². The molecule has 2 heterocycles. The maximum Gasteiger partial charge on any atom is 0.253 e. The quantitative estimate of drug-likeness (QED) is 0.660. The predicted octanol–water partition coefficient (Wildman–Crippen LogP) is 4.14. The Balaban J connectivity index is 1.32. The van der Waals surface area contributed by atoms with E-state index in [0.717, 1.165) is 32.7 Å². The largest absolute Gasteiger partial charge is 0.456 e. The Morgan fingerprint density at radius 2 is 1.69 bits per heavy atom. The van der Waals surface area contributed by atoms with Crippen molar-refractivity contribution >= 4 is 5.91 Å². The monoisotopic (exact) mass is 387 g/mol. The zero-order valence-electron chi connectivity index (χ0n) is 16.6. The lowest BCUT2D eigenvalue weighted by molar-refractivity contribution is 0.0628. The number of pyridine rings is 1. The van der Waals surface area contributed by atoms with Crippen molar-refractivity contribution in [3.05, 3.63) is 89.7 Å². The summed E-state index contributed by atoms with van der Waals surface area (Å²) in [6, 6.07) is 19.5. The number of aromatic nitrogens is 1. The van der Waals surface area contributed by atoms with Crippen LogP contribution in [0.3, 0.4) is 0 Å². The summed E-state index contributed by atoms with van der Waals surface area (Å²) in [5.41, 5.74) is 3.37. The highest BCUT2D eigenvalue weighted by Gasteiger charge is 2.22. The molecule has 0 radical (unpaired) electrons. The van der Waals surface area contributed by atoms with E-state index in [2.05, 4.69) is 41.1 Å². The summed E-state index contributed by atoms with van der Waals surface area (Å²) in [5.74, 6) is 1.45. The van der Waals surface area contributed by atoms with Crippen molar-refractivity contribution in [1.29, 1.82) is 0 Å². The summed E-state index contributed by atoms with van der Waals surface area (Å²) in [6.07, 6.45) is 3.37. The molecular formula is C24H25N3O2. The Bertz CT molecular complexity index is 949. The minimum absolute atomic E-state index is 0.0773. The molecule has 0 spiro atoms. The van der Waals surface area contributed by atoms with Crippen LogP contribution in [-0.4, -0.2) is 46.9 Å². The van der Waals surface area contributed by atoms with E-state index in [1.165, 1.54) is 11.1 Å². The number of carbonyl (C=O) groups is 1. The molecule has 3 aromatic rings. The van der Waals surface area contributed by atoms with Crippen LogP contribution in [-0.2, 0) is 6.54 Å². The minimum Gasteiger partial charge on any atom is -0.456 e. The van der Waals surface area contributed by atoms with Crippen molar-refractivity contribution in [3.63, 3.8) is 0 Å². The molecular weight excluding hydrogens is 362 g/mol. The van der Waals surface area contributed by atoms with Gasteiger partial charge in [-0.1, -0.05) is 24.3 Å². The van der Waals surface area contributed by atoms with Gasteiger partial charge in [-0.15, -0.1) is 0 Å². The van der Waals surface area contributed by atoms with E-state index in [-0.39, 0.29) is 5.91 Å². The number of amides is 1. The zero-order valence-corrected chi connectivity index (χ0v) is 16.6. The van der Waals surface area contributed by atoms with Crippen LogP contribution in [0, 0.1) is 6.92 Å². The van der Waals surface area contributed by atoms with E-state index in [1.807, 2.05) is 41.3 Å². The second kappa shape index (κ2) is 8.88. The number of ether oxygens (including phenoxy) is 1. The number of hydrogen-bond acceptors (Lipinski definition) is 4. The van der Waals surface area contributed by atoms with E-state index in [0.29, 0.717) is 17.1 Å². The fourth-order valence-corrected chi connectivity index (χ4v) is 3.53. The van der Waals surface area contributed by atoms with Gasteiger partial charge in [0, 0.05) is 44.5 Å². The fourth-order valence-electron chi connectivity index (χ4n) is 3.53. The molecule has 29 heavy (non-hydrogen) atoms. The molecule has 4 rings (SSSR count). The van der Waals surface area contributed by atoms with Crippen LogP contribution < -0.4 is 4.74 Å². The smallest absolute Gasteiger partial charge is 0.253 e. The van der Waals surface area contributed by atoms with Gasteiger partial charge in [0.25, 0.3) is 5.91 Å². The molecule has 0 saturated carbocycles. The molecule has 5 heteroatoms. The first-order chi connectivity index (χ1) is 14.2. The molecule has 1 aliphatic rings. The fraction of sp³-hybridized carbons (Fsp3) is 0.250. The van der Waals surface area contributed by atoms with Gasteiger partial charge in [-0.25, -0.2) is 0 Å². The molecule has 0 atom stereocenters. The van der Waals surface area contributed by atoms with Gasteiger partial charge in [0.1, 0.15) is 11.5 Å². The van der Waals surface area contributed by atoms with Crippen LogP contribution in [0.15, 0.2) is 73.1 Å². The van der Waals surface area contributed by atoms with Crippen molar-refractivity contribution in [2.75, 3.05) is 26.2 Å². The van der Waals surface area contributed by atoms with Crippen LogP contribution in [0.25, 0.3) is 0 Å². The Hall–Kier alpha value is -3.18. The third kappa shape index (κ3) is 4.81. The molecule has 1 amide bonds. The normalized spacial score (nSPS) is 14.6. The molecule has 0 aliphatic carbocycles. The molecule has 0 bridgehead atoms. The van der Waals surface area contributed by atoms with Crippen molar-refractivity contribution < 1.29 is 9.53 Å². The van der Waals surface area contributed by atoms with E-state index in [9.17, 15) is 4.79 Å². The van der Waals surface area contributed by atoms with E-state index >= 15 is 0 Å². The zero-order chi connectivity index (χ0) is 20.1. The van der Waals surface area contributed by atoms with Crippen LogP contribution in [0.4, 0.5) is 0 Å². The highest BCUT2D eigenvalue weighted by molar-refractivity contribution is 5.94. The Morgan fingerprint density at radius 1 is 0.931 bits per heavy atom. The minimum atomic E-state index is 0.0773. The standard InChI is InChI=1S/C24H25N3O2/c1-19-5-2-3-6-21(19)18-26-13-15-27(16-14-26)24(28)20-8-10-22(11-9-20)29-23-7-4-12-25-17-23/h2-12,17H,13-16,18H2,1H3. The van der Waals surface area contributed by atoms with Gasteiger partial charge in [-0.3, -0.25) is 14.7 Å². The molecule has 1 saturated heterocycles. The van der Waals surface area contributed by atoms with Crippen molar-refractivity contribution in [2.45, 2.75) is 13.5 Å². The molecule has 1 fully saturated rings. The first kappa shape index (κ1) is 19.2. The van der Waals surface area contributed by atoms with Gasteiger partial charge < -0.3 is 9.64 Å². The number of benzene rings is 2. The van der Waals surface area contributed by atoms with E-state index in [4.69, 9.17) is 4.74 Å². The maximum absolute atomic E-state index is 12.8. The first-order valence-corrected chi connectivity index (χ1v) is 9.93. The number of hydrogen-bond donors (Lipinski definition) is 0. The summed E-state index contributed by atoms with van der Waals surface area (Å²) in [4.78, 5) is 21.2. The van der Waals surface area contributed by atoms with Crippen LogP contribution in [0.2, 0.25) is 0 Å². The summed E-state index contributed by atoms with van der Waals surface area (Å²) in [5, 5.41) is 0. The van der Waals surface area contributed by atoms with E-state index in [1.54, 1.807) is 12.4 Å². The SMILES string of the molecule is Cc1ccccc1CN1CCN(C(=O)c2ccc(Oc3cccnc3)cc2)CC1. The molecule has 0 N–H and O–H groups in total. The van der Waals surface area contributed by atoms with Crippen molar-refractivity contribution in [2.24, 2.45) is 0 Å². The summed E-state index contributed by atoms with van der Waals surface area (Å²) in [7, 11) is 0. The highest BCUT2D eigenvalue weighted by atomic mass is 16.5. The first-order valence-electron chi connectivity index (χ1n) is 9.93. The number of rotatable bonds is 5. The van der Waals surface area contributed by atoms with Gasteiger partial charge >= 0.3 is 0 Å². The molecule has 2 aromatic carbocycles. The lowest BCUT2D eigenvalue weighted by Gasteiger charge is -2.35. The summed E-state index contributed by atoms with van der Waals surface area (Å²) < 4.78 is 5.74. The van der Waals surface area contributed by atoms with Gasteiger partial charge in [-0.05, 0) is 54.4 Å². The Kier molecular flexibility index (Phi) is 5.86. The number of nitrogens with zero attached hydrogens (tertiary/aromatic N) is 3. The average molecular weight is 387 g/mol. The Morgan fingerprint density at radius 3 is 2.38 bits per heavy atom.